The van der Waals surface area contributed by atoms with Gasteiger partial charge in [0.2, 0.25) is 0 Å². The highest BCUT2D eigenvalue weighted by molar-refractivity contribution is 7.17. The molecule has 0 bridgehead atoms. The van der Waals surface area contributed by atoms with Crippen molar-refractivity contribution in [2.45, 2.75) is 19.9 Å². The summed E-state index contributed by atoms with van der Waals surface area (Å²) in [7, 11) is 2.78. The second kappa shape index (κ2) is 10.2. The number of aryl methyl sites for hydroxylation is 1. The maximum atomic E-state index is 13.3. The summed E-state index contributed by atoms with van der Waals surface area (Å²) in [4.78, 5) is 44.6. The lowest BCUT2D eigenvalue weighted by molar-refractivity contribution is -0.132. The van der Waals surface area contributed by atoms with E-state index in [0.29, 0.717) is 34.9 Å². The minimum atomic E-state index is -0.997. The lowest BCUT2D eigenvalue weighted by atomic mass is 9.95. The molecule has 1 atom stereocenters. The average molecular weight is 509 g/mol. The number of rotatable bonds is 7. The molecule has 1 aliphatic heterocycles. The second-order valence-electron chi connectivity index (χ2n) is 7.81. The van der Waals surface area contributed by atoms with Crippen LogP contribution in [0.25, 0.3) is 5.76 Å². The Bertz CT molecular complexity index is 1360. The highest BCUT2D eigenvalue weighted by Crippen LogP contribution is 2.44. The predicted molar refractivity (Wildman–Crippen MR) is 134 cm³/mol. The van der Waals surface area contributed by atoms with Crippen molar-refractivity contribution in [2.24, 2.45) is 0 Å². The number of benzene rings is 2. The number of thiazole rings is 1. The van der Waals surface area contributed by atoms with Gasteiger partial charge in [-0.1, -0.05) is 35.6 Å². The van der Waals surface area contributed by atoms with Crippen molar-refractivity contribution in [1.29, 1.82) is 0 Å². The van der Waals surface area contributed by atoms with Gasteiger partial charge >= 0.3 is 11.9 Å². The molecule has 1 fully saturated rings. The third-order valence-corrected chi connectivity index (χ3v) is 6.79. The van der Waals surface area contributed by atoms with Gasteiger partial charge in [0.05, 0.1) is 38.1 Å². The van der Waals surface area contributed by atoms with Gasteiger partial charge < -0.3 is 19.3 Å². The second-order valence-corrected chi connectivity index (χ2v) is 8.78. The number of carbonyl (C=O) groups is 3. The molecule has 1 aromatic heterocycles. The molecule has 186 valence electrons. The smallest absolute Gasteiger partial charge is 0.350 e. The van der Waals surface area contributed by atoms with Crippen LogP contribution in [0.1, 0.15) is 39.5 Å². The molecule has 9 nitrogen and oxygen atoms in total. The van der Waals surface area contributed by atoms with E-state index in [2.05, 4.69) is 4.98 Å². The minimum Gasteiger partial charge on any atom is -0.507 e. The molecule has 1 aliphatic rings. The van der Waals surface area contributed by atoms with Crippen LogP contribution in [0.5, 0.6) is 11.5 Å². The van der Waals surface area contributed by atoms with E-state index in [-0.39, 0.29) is 21.3 Å². The van der Waals surface area contributed by atoms with Gasteiger partial charge in [0, 0.05) is 5.56 Å². The van der Waals surface area contributed by atoms with E-state index in [4.69, 9.17) is 14.2 Å². The predicted octanol–water partition coefficient (Wildman–Crippen LogP) is 4.27. The number of anilines is 1. The molecule has 1 amide bonds. The molecular weight excluding hydrogens is 484 g/mol. The largest absolute Gasteiger partial charge is 0.507 e. The maximum absolute atomic E-state index is 13.3. The van der Waals surface area contributed by atoms with Crippen LogP contribution in [0.4, 0.5) is 5.13 Å². The summed E-state index contributed by atoms with van der Waals surface area (Å²) < 4.78 is 15.6. The molecule has 4 rings (SSSR count). The van der Waals surface area contributed by atoms with Gasteiger partial charge in [-0.25, -0.2) is 9.78 Å². The van der Waals surface area contributed by atoms with Crippen molar-refractivity contribution in [3.63, 3.8) is 0 Å². The molecule has 1 unspecified atom stereocenters. The summed E-state index contributed by atoms with van der Waals surface area (Å²) in [5.41, 5.74) is 1.13. The van der Waals surface area contributed by atoms with Crippen LogP contribution in [0.15, 0.2) is 54.1 Å². The topological polar surface area (TPSA) is 115 Å². The zero-order valence-electron chi connectivity index (χ0n) is 20.1. The Kier molecular flexibility index (Phi) is 7.07. The zero-order valence-corrected chi connectivity index (χ0v) is 20.9. The molecule has 2 heterocycles. The fraction of sp³-hybridized carbons (Fsp3) is 0.231. The minimum absolute atomic E-state index is 0.105. The fourth-order valence-electron chi connectivity index (χ4n) is 3.95. The summed E-state index contributed by atoms with van der Waals surface area (Å²) in [6.45, 7) is 3.87. The van der Waals surface area contributed by atoms with Crippen LogP contribution < -0.4 is 14.4 Å². The van der Waals surface area contributed by atoms with Crippen molar-refractivity contribution in [2.75, 3.05) is 25.7 Å². The molecule has 10 heteroatoms. The van der Waals surface area contributed by atoms with Gasteiger partial charge in [-0.15, -0.1) is 0 Å². The number of aromatic nitrogens is 1. The van der Waals surface area contributed by atoms with E-state index in [1.54, 1.807) is 55.5 Å². The molecule has 1 N–H and O–H groups in total. The lowest BCUT2D eigenvalue weighted by Crippen LogP contribution is -2.29. The van der Waals surface area contributed by atoms with E-state index < -0.39 is 23.7 Å². The number of aliphatic hydroxyl groups is 1. The van der Waals surface area contributed by atoms with E-state index in [0.717, 1.165) is 11.3 Å². The molecule has 36 heavy (non-hydrogen) atoms. The Balaban J connectivity index is 1.91. The molecular formula is C26H24N2O7S. The Labute approximate surface area is 211 Å². The van der Waals surface area contributed by atoms with E-state index in [1.165, 1.54) is 19.1 Å². The Morgan fingerprint density at radius 1 is 1.11 bits per heavy atom. The van der Waals surface area contributed by atoms with Gasteiger partial charge in [0.15, 0.2) is 5.13 Å². The Morgan fingerprint density at radius 3 is 2.47 bits per heavy atom. The zero-order chi connectivity index (χ0) is 26.0. The van der Waals surface area contributed by atoms with Crippen molar-refractivity contribution in [1.82, 2.24) is 4.98 Å². The molecule has 3 aromatic rings. The number of nitrogens with zero attached hydrogens (tertiary/aromatic N) is 2. The number of amides is 1. The summed E-state index contributed by atoms with van der Waals surface area (Å²) in [6, 6.07) is 12.4. The number of aliphatic hydroxyl groups excluding tert-OH is 1. The molecule has 1 saturated heterocycles. The van der Waals surface area contributed by atoms with Gasteiger partial charge in [0.25, 0.3) is 5.78 Å². The summed E-state index contributed by atoms with van der Waals surface area (Å²) in [5.74, 6) is -1.60. The summed E-state index contributed by atoms with van der Waals surface area (Å²) >= 11 is 0.938. The van der Waals surface area contributed by atoms with Gasteiger partial charge in [-0.3, -0.25) is 14.5 Å². The first-order chi connectivity index (χ1) is 17.3. The van der Waals surface area contributed by atoms with Crippen LogP contribution in [-0.2, 0) is 14.3 Å². The number of hydrogen-bond acceptors (Lipinski definition) is 9. The molecule has 0 radical (unpaired) electrons. The van der Waals surface area contributed by atoms with Crippen LogP contribution in [-0.4, -0.2) is 48.6 Å². The van der Waals surface area contributed by atoms with Gasteiger partial charge in [-0.2, -0.15) is 0 Å². The highest BCUT2D eigenvalue weighted by atomic mass is 32.1. The van der Waals surface area contributed by atoms with Crippen LogP contribution >= 0.6 is 11.3 Å². The third kappa shape index (κ3) is 4.42. The third-order valence-electron chi connectivity index (χ3n) is 5.66. The number of esters is 1. The standard InChI is InChI=1S/C26H24N2O7S/c1-5-35-18-8-6-7-16(13-18)21(29)19-20(15-9-11-17(33-3)12-10-15)28(24(31)22(19)30)26-27-14(2)23(36-26)25(32)34-4/h6-13,20,29H,5H2,1-4H3/b21-19+. The van der Waals surface area contributed by atoms with Crippen molar-refractivity contribution < 1.29 is 33.7 Å². The average Bonchev–Trinajstić information content (AvgIpc) is 3.40. The quantitative estimate of drug-likeness (QED) is 0.218. The number of ketones is 1. The van der Waals surface area contributed by atoms with Crippen LogP contribution in [0.2, 0.25) is 0 Å². The molecule has 0 saturated carbocycles. The number of hydrogen-bond donors (Lipinski definition) is 1. The molecule has 0 aliphatic carbocycles. The van der Waals surface area contributed by atoms with E-state index in [9.17, 15) is 19.5 Å². The number of Topliss-reactive ketones (excluding diaryl/α,β-unsaturated/α-hetero) is 1. The normalized spacial score (nSPS) is 16.8. The number of ether oxygens (including phenoxy) is 3. The van der Waals surface area contributed by atoms with Crippen LogP contribution in [0, 0.1) is 6.92 Å². The van der Waals surface area contributed by atoms with Crippen molar-refractivity contribution in [3.05, 3.63) is 75.8 Å². The summed E-state index contributed by atoms with van der Waals surface area (Å²) in [5, 5.41) is 11.4. The van der Waals surface area contributed by atoms with Crippen molar-refractivity contribution >= 4 is 39.9 Å². The van der Waals surface area contributed by atoms with Gasteiger partial charge in [0.1, 0.15) is 22.1 Å². The lowest BCUT2D eigenvalue weighted by Gasteiger charge is -2.23. The van der Waals surface area contributed by atoms with E-state index in [1.807, 2.05) is 6.92 Å². The van der Waals surface area contributed by atoms with Gasteiger partial charge in [-0.05, 0) is 43.7 Å². The molecule has 2 aromatic carbocycles. The number of carbonyl (C=O) groups excluding carboxylic acids is 3. The first-order valence-electron chi connectivity index (χ1n) is 11.0. The first-order valence-corrected chi connectivity index (χ1v) is 11.9. The Hall–Kier alpha value is -4.18. The maximum Gasteiger partial charge on any atom is 0.350 e. The van der Waals surface area contributed by atoms with E-state index >= 15 is 0 Å². The highest BCUT2D eigenvalue weighted by Gasteiger charge is 2.48. The summed E-state index contributed by atoms with van der Waals surface area (Å²) in [6.07, 6.45) is 0. The fourth-order valence-corrected chi connectivity index (χ4v) is 4.97. The monoisotopic (exact) mass is 508 g/mol. The number of methoxy groups -OCH3 is 2. The van der Waals surface area contributed by atoms with Crippen molar-refractivity contribution in [3.8, 4) is 11.5 Å². The molecule has 0 spiro atoms. The Morgan fingerprint density at radius 2 is 1.83 bits per heavy atom. The van der Waals surface area contributed by atoms with Crippen LogP contribution in [0.3, 0.4) is 0 Å². The SMILES string of the molecule is CCOc1cccc(/C(O)=C2\C(=O)C(=O)N(c3nc(C)c(C(=O)OC)s3)C2c2ccc(OC)cc2)c1. The first kappa shape index (κ1) is 24.9.